The number of aliphatic carboxylic acids is 1. The number of imide groups is 1. The number of nitrogens with two attached hydrogens (primary N) is 1. The van der Waals surface area contributed by atoms with Gasteiger partial charge in [-0.15, -0.1) is 0 Å². The van der Waals surface area contributed by atoms with E-state index in [1.165, 1.54) is 11.1 Å². The highest BCUT2D eigenvalue weighted by Crippen LogP contribution is 2.35. The van der Waals surface area contributed by atoms with Crippen LogP contribution < -0.4 is 10.6 Å². The molecule has 144 valence electrons. The number of likely N-dealkylation sites (tertiary alicyclic amines) is 1. The highest BCUT2D eigenvalue weighted by molar-refractivity contribution is 6.12. The molecule has 2 aliphatic rings. The van der Waals surface area contributed by atoms with E-state index >= 15 is 0 Å². The molecule has 0 aliphatic carbocycles. The van der Waals surface area contributed by atoms with Crippen molar-refractivity contribution in [1.29, 1.82) is 0 Å². The van der Waals surface area contributed by atoms with E-state index in [1.54, 1.807) is 12.1 Å². The van der Waals surface area contributed by atoms with Crippen molar-refractivity contribution in [1.82, 2.24) is 9.88 Å². The smallest absolute Gasteiger partial charge is 0.332 e. The van der Waals surface area contributed by atoms with Gasteiger partial charge in [-0.3, -0.25) is 9.69 Å². The first-order valence-electron chi connectivity index (χ1n) is 9.04. The van der Waals surface area contributed by atoms with Gasteiger partial charge in [0.05, 0.1) is 5.92 Å². The third-order valence-electron chi connectivity index (χ3n) is 5.34. The maximum Gasteiger partial charge on any atom is 0.332 e. The van der Waals surface area contributed by atoms with Gasteiger partial charge in [0.1, 0.15) is 5.82 Å². The van der Waals surface area contributed by atoms with Crippen LogP contribution in [0.1, 0.15) is 16.7 Å². The average molecular weight is 380 g/mol. The van der Waals surface area contributed by atoms with Gasteiger partial charge in [0.2, 0.25) is 5.91 Å². The van der Waals surface area contributed by atoms with Crippen molar-refractivity contribution in [2.75, 3.05) is 17.2 Å². The van der Waals surface area contributed by atoms with Gasteiger partial charge in [0.25, 0.3) is 0 Å². The molecular formula is C20H20N4O4. The largest absolute Gasteiger partial charge is 0.480 e. The van der Waals surface area contributed by atoms with E-state index < -0.39 is 29.9 Å². The molecule has 0 unspecified atom stereocenters. The number of aryl methyl sites for hydroxylation is 1. The van der Waals surface area contributed by atoms with Crippen LogP contribution in [0.2, 0.25) is 0 Å². The number of hydrogen-bond acceptors (Lipinski definition) is 5. The molecule has 0 radical (unpaired) electrons. The van der Waals surface area contributed by atoms with Crippen LogP contribution in [-0.4, -0.2) is 45.5 Å². The second kappa shape index (κ2) is 6.63. The molecule has 3 N–H and O–H groups in total. The molecule has 2 aliphatic heterocycles. The highest BCUT2D eigenvalue weighted by Gasteiger charge is 2.56. The number of carbonyl (C=O) groups is 3. The molecule has 1 fully saturated rings. The van der Waals surface area contributed by atoms with Crippen LogP contribution in [0.3, 0.4) is 0 Å². The Labute approximate surface area is 161 Å². The number of nitrogen functional groups attached to an aromatic ring is 1. The summed E-state index contributed by atoms with van der Waals surface area (Å²) in [6, 6.07) is 7.27. The number of benzene rings is 1. The van der Waals surface area contributed by atoms with E-state index in [4.69, 9.17) is 5.73 Å². The maximum absolute atomic E-state index is 13.0. The Balaban J connectivity index is 1.56. The summed E-state index contributed by atoms with van der Waals surface area (Å²) in [6.45, 7) is 2.40. The van der Waals surface area contributed by atoms with E-state index in [9.17, 15) is 19.5 Å². The van der Waals surface area contributed by atoms with Crippen molar-refractivity contribution in [3.63, 3.8) is 0 Å². The summed E-state index contributed by atoms with van der Waals surface area (Å²) in [5, 5.41) is 9.65. The van der Waals surface area contributed by atoms with E-state index in [-0.39, 0.29) is 6.42 Å². The minimum Gasteiger partial charge on any atom is -0.480 e. The lowest BCUT2D eigenvalue weighted by atomic mass is 9.82. The minimum atomic E-state index is -1.19. The van der Waals surface area contributed by atoms with Gasteiger partial charge < -0.3 is 10.8 Å². The fourth-order valence-electron chi connectivity index (χ4n) is 3.98. The molecule has 2 atom stereocenters. The van der Waals surface area contributed by atoms with Gasteiger partial charge in [0, 0.05) is 18.4 Å². The van der Waals surface area contributed by atoms with Crippen molar-refractivity contribution >= 4 is 29.4 Å². The van der Waals surface area contributed by atoms with E-state index in [0.29, 0.717) is 24.3 Å². The van der Waals surface area contributed by atoms with Crippen molar-refractivity contribution in [2.45, 2.75) is 25.8 Å². The standard InChI is InChI=1S/C20H20N4O4/c1-11-2-3-15-13(8-11)5-7-23(15)20(28)24-17(19(26)27)14(18(24)25)9-12-4-6-22-16(21)10-12/h2-4,6,8,10,14,17H,5,7,9H2,1H3,(H2,21,22)(H,26,27)/t14-,17+/m1/s1. The molecule has 2 aromatic rings. The third-order valence-corrected chi connectivity index (χ3v) is 5.34. The van der Waals surface area contributed by atoms with Gasteiger partial charge in [-0.25, -0.2) is 19.5 Å². The van der Waals surface area contributed by atoms with Gasteiger partial charge in [-0.05, 0) is 49.1 Å². The number of carboxylic acid groups (broad SMARTS) is 1. The first kappa shape index (κ1) is 18.0. The second-order valence-electron chi connectivity index (χ2n) is 7.21. The first-order valence-corrected chi connectivity index (χ1v) is 9.04. The number of anilines is 2. The summed E-state index contributed by atoms with van der Waals surface area (Å²) in [4.78, 5) is 43.8. The third kappa shape index (κ3) is 2.87. The van der Waals surface area contributed by atoms with Crippen LogP contribution in [-0.2, 0) is 22.4 Å². The zero-order valence-electron chi connectivity index (χ0n) is 15.3. The number of aromatic nitrogens is 1. The molecule has 0 saturated carbocycles. The fraction of sp³-hybridized carbons (Fsp3) is 0.300. The molecule has 4 rings (SSSR count). The molecular weight excluding hydrogens is 360 g/mol. The van der Waals surface area contributed by atoms with Crippen LogP contribution >= 0.6 is 0 Å². The van der Waals surface area contributed by atoms with Crippen LogP contribution in [0.4, 0.5) is 16.3 Å². The van der Waals surface area contributed by atoms with E-state index in [2.05, 4.69) is 4.98 Å². The quantitative estimate of drug-likeness (QED) is 0.782. The molecule has 28 heavy (non-hydrogen) atoms. The average Bonchev–Trinajstić information content (AvgIpc) is 3.06. The van der Waals surface area contributed by atoms with Crippen LogP contribution in [0, 0.1) is 12.8 Å². The van der Waals surface area contributed by atoms with Gasteiger partial charge >= 0.3 is 12.0 Å². The Morgan fingerprint density at radius 3 is 2.79 bits per heavy atom. The van der Waals surface area contributed by atoms with Crippen LogP contribution in [0.25, 0.3) is 0 Å². The lowest BCUT2D eigenvalue weighted by molar-refractivity contribution is -0.165. The number of urea groups is 1. The summed E-state index contributed by atoms with van der Waals surface area (Å²) in [7, 11) is 0. The Morgan fingerprint density at radius 1 is 1.29 bits per heavy atom. The summed E-state index contributed by atoms with van der Waals surface area (Å²) in [5.41, 5.74) is 9.22. The topological polar surface area (TPSA) is 117 Å². The number of β-lactam (4-membered cyclic amide) rings is 1. The van der Waals surface area contributed by atoms with Crippen LogP contribution in [0.15, 0.2) is 36.5 Å². The number of hydrogen-bond donors (Lipinski definition) is 2. The Morgan fingerprint density at radius 2 is 2.07 bits per heavy atom. The molecule has 1 aromatic carbocycles. The number of nitrogens with zero attached hydrogens (tertiary/aromatic N) is 3. The normalized spacial score (nSPS) is 20.7. The minimum absolute atomic E-state index is 0.197. The Hall–Kier alpha value is -3.42. The van der Waals surface area contributed by atoms with Crippen molar-refractivity contribution in [3.8, 4) is 0 Å². The summed E-state index contributed by atoms with van der Waals surface area (Å²) in [6.07, 6.45) is 2.39. The SMILES string of the molecule is Cc1ccc2c(c1)CCN2C(=O)N1C(=O)[C@H](Cc2ccnc(N)c2)[C@H]1C(=O)O. The lowest BCUT2D eigenvalue weighted by Gasteiger charge is -2.44. The molecule has 3 heterocycles. The fourth-order valence-corrected chi connectivity index (χ4v) is 3.98. The van der Waals surface area contributed by atoms with Gasteiger partial charge in [0.15, 0.2) is 6.04 Å². The van der Waals surface area contributed by atoms with Crippen LogP contribution in [0.5, 0.6) is 0 Å². The summed E-state index contributed by atoms with van der Waals surface area (Å²) < 4.78 is 0. The van der Waals surface area contributed by atoms with Gasteiger partial charge in [-0.1, -0.05) is 17.7 Å². The molecule has 8 nitrogen and oxygen atoms in total. The molecule has 0 spiro atoms. The number of carboxylic acids is 1. The molecule has 1 aromatic heterocycles. The van der Waals surface area contributed by atoms with E-state index in [1.807, 2.05) is 25.1 Å². The maximum atomic E-state index is 13.0. The Kier molecular flexibility index (Phi) is 4.26. The van der Waals surface area contributed by atoms with Gasteiger partial charge in [-0.2, -0.15) is 0 Å². The lowest BCUT2D eigenvalue weighted by Crippen LogP contribution is -2.69. The second-order valence-corrected chi connectivity index (χ2v) is 7.21. The molecule has 1 saturated heterocycles. The number of amides is 3. The number of carbonyl (C=O) groups excluding carboxylic acids is 2. The van der Waals surface area contributed by atoms with Crippen molar-refractivity contribution in [2.24, 2.45) is 5.92 Å². The number of rotatable bonds is 3. The molecule has 3 amide bonds. The highest BCUT2D eigenvalue weighted by atomic mass is 16.4. The number of fused-ring (bicyclic) bond motifs is 1. The monoisotopic (exact) mass is 380 g/mol. The first-order chi connectivity index (χ1) is 13.4. The molecule has 0 bridgehead atoms. The predicted octanol–water partition coefficient (Wildman–Crippen LogP) is 1.61. The van der Waals surface area contributed by atoms with Crippen molar-refractivity contribution in [3.05, 3.63) is 53.2 Å². The zero-order valence-corrected chi connectivity index (χ0v) is 15.3. The Bertz CT molecular complexity index is 990. The number of pyridine rings is 1. The zero-order chi connectivity index (χ0) is 20.0. The van der Waals surface area contributed by atoms with E-state index in [0.717, 1.165) is 21.7 Å². The summed E-state index contributed by atoms with van der Waals surface area (Å²) >= 11 is 0. The predicted molar refractivity (Wildman–Crippen MR) is 102 cm³/mol. The summed E-state index contributed by atoms with van der Waals surface area (Å²) in [5.74, 6) is -2.17. The molecule has 8 heteroatoms. The van der Waals surface area contributed by atoms with Crippen molar-refractivity contribution < 1.29 is 19.5 Å².